The van der Waals surface area contributed by atoms with E-state index >= 15 is 0 Å². The zero-order valence-electron chi connectivity index (χ0n) is 25.8. The van der Waals surface area contributed by atoms with Crippen molar-refractivity contribution in [1.82, 2.24) is 19.1 Å². The van der Waals surface area contributed by atoms with Gasteiger partial charge in [-0.15, -0.1) is 11.3 Å². The smallest absolute Gasteiger partial charge is 0.435 e. The number of hydrogen-bond donors (Lipinski definition) is 3. The Labute approximate surface area is 283 Å². The number of carbonyl (C=O) groups excluding carboxylic acids is 1. The van der Waals surface area contributed by atoms with Gasteiger partial charge >= 0.3 is 6.18 Å². The maximum Gasteiger partial charge on any atom is 0.435 e. The summed E-state index contributed by atoms with van der Waals surface area (Å²) in [6, 6.07) is 19.0. The molecule has 0 saturated carbocycles. The van der Waals surface area contributed by atoms with Gasteiger partial charge in [-0.05, 0) is 56.3 Å². The Kier molecular flexibility index (Phi) is 9.44. The van der Waals surface area contributed by atoms with E-state index in [4.69, 9.17) is 5.14 Å². The summed E-state index contributed by atoms with van der Waals surface area (Å²) < 4.78 is 89.0. The summed E-state index contributed by atoms with van der Waals surface area (Å²) in [7, 11) is -6.57. The van der Waals surface area contributed by atoms with Gasteiger partial charge in [0, 0.05) is 29.2 Å². The van der Waals surface area contributed by atoms with Crippen LogP contribution in [0.2, 0.25) is 0 Å². The lowest BCUT2D eigenvalue weighted by Gasteiger charge is -2.28. The summed E-state index contributed by atoms with van der Waals surface area (Å²) in [5.41, 5.74) is 0.762. The van der Waals surface area contributed by atoms with Crippen LogP contribution in [0.3, 0.4) is 0 Å². The number of sulfonamides is 2. The molecule has 4 N–H and O–H groups in total. The summed E-state index contributed by atoms with van der Waals surface area (Å²) in [5.74, 6) is -1.12. The number of aliphatic hydroxyl groups is 1. The number of nitrogens with two attached hydrogens (primary N) is 1. The van der Waals surface area contributed by atoms with Gasteiger partial charge < -0.3 is 5.11 Å². The third-order valence-corrected chi connectivity index (χ3v) is 10.7. The van der Waals surface area contributed by atoms with Crippen LogP contribution in [0.4, 0.5) is 18.3 Å². The molecule has 0 unspecified atom stereocenters. The summed E-state index contributed by atoms with van der Waals surface area (Å²) in [4.78, 5) is 17.1. The van der Waals surface area contributed by atoms with Crippen molar-refractivity contribution in [3.63, 3.8) is 0 Å². The molecule has 6 rings (SSSR count). The third-order valence-electron chi connectivity index (χ3n) is 7.13. The van der Waals surface area contributed by atoms with Crippen molar-refractivity contribution in [2.45, 2.75) is 29.8 Å². The van der Waals surface area contributed by atoms with Gasteiger partial charge in [0.15, 0.2) is 22.3 Å². The molecule has 18 heteroatoms. The number of primary sulfonamides is 1. The molecule has 1 amide bonds. The van der Waals surface area contributed by atoms with Crippen LogP contribution in [0.5, 0.6) is 0 Å². The van der Waals surface area contributed by atoms with Crippen LogP contribution in [-0.2, 0) is 31.0 Å². The van der Waals surface area contributed by atoms with E-state index in [1.807, 2.05) is 13.8 Å². The van der Waals surface area contributed by atoms with E-state index in [-0.39, 0.29) is 38.2 Å². The highest BCUT2D eigenvalue weighted by molar-refractivity contribution is 7.89. The minimum atomic E-state index is -4.61. The fourth-order valence-corrected chi connectivity index (χ4v) is 7.25. The minimum Gasteiger partial charge on any atom is -0.505 e. The quantitative estimate of drug-likeness (QED) is 0.213. The summed E-state index contributed by atoms with van der Waals surface area (Å²) in [6.07, 6.45) is -3.02. The lowest BCUT2D eigenvalue weighted by Crippen LogP contribution is -2.37. The molecule has 1 aliphatic heterocycles. The first-order valence-electron chi connectivity index (χ1n) is 14.0. The van der Waals surface area contributed by atoms with Gasteiger partial charge in [0.05, 0.1) is 21.2 Å². The molecular formula is C31H27F3N6O6S3. The zero-order valence-corrected chi connectivity index (χ0v) is 28.2. The molecule has 0 spiro atoms. The largest absolute Gasteiger partial charge is 0.505 e. The topological polar surface area (TPSA) is 178 Å². The van der Waals surface area contributed by atoms with Crippen LogP contribution in [-0.4, -0.2) is 54.0 Å². The molecular weight excluding hydrogens is 706 g/mol. The SMILES string of the molecule is Cc1ccc(-c2cc(C(F)(F)F)nn2-c2ccc(S(N)(=O)=O)cc2)cc1.Cc1cnc(NC(=O)C2=C(O)c3ccccc3S(=O)(=O)N2C)s1. The summed E-state index contributed by atoms with van der Waals surface area (Å²) in [5, 5.41) is 21.9. The first kappa shape index (κ1) is 35.3. The lowest BCUT2D eigenvalue weighted by molar-refractivity contribution is -0.141. The molecule has 0 aliphatic carbocycles. The van der Waals surface area contributed by atoms with Crippen molar-refractivity contribution in [2.24, 2.45) is 5.14 Å². The Bertz CT molecular complexity index is 2300. The molecule has 0 bridgehead atoms. The second-order valence-corrected chi connectivity index (χ2v) is 15.4. The lowest BCUT2D eigenvalue weighted by atomic mass is 10.1. The Hall–Kier alpha value is -5.04. The maximum absolute atomic E-state index is 13.1. The first-order valence-corrected chi connectivity index (χ1v) is 17.8. The molecule has 5 aromatic rings. The normalized spacial score (nSPS) is 14.1. The third kappa shape index (κ3) is 7.36. The monoisotopic (exact) mass is 732 g/mol. The van der Waals surface area contributed by atoms with Gasteiger partial charge in [-0.25, -0.2) is 31.6 Å². The van der Waals surface area contributed by atoms with Crippen LogP contribution in [0.15, 0.2) is 101 Å². The number of aliphatic hydroxyl groups excluding tert-OH is 1. The number of rotatable bonds is 5. The van der Waals surface area contributed by atoms with Crippen molar-refractivity contribution >= 4 is 48.2 Å². The fraction of sp³-hybridized carbons (Fsp3) is 0.129. The van der Waals surface area contributed by atoms with Gasteiger partial charge in [0.1, 0.15) is 0 Å². The number of fused-ring (bicyclic) bond motifs is 1. The number of nitrogens with one attached hydrogen (secondary N) is 1. The minimum absolute atomic E-state index is 0.0401. The van der Waals surface area contributed by atoms with Gasteiger partial charge in [0.2, 0.25) is 10.0 Å². The van der Waals surface area contributed by atoms with E-state index in [0.29, 0.717) is 10.7 Å². The number of anilines is 1. The molecule has 3 aromatic carbocycles. The van der Waals surface area contributed by atoms with Crippen molar-refractivity contribution in [1.29, 1.82) is 0 Å². The number of likely N-dealkylation sites (N-methyl/N-ethyl adjacent to an activating group) is 1. The molecule has 49 heavy (non-hydrogen) atoms. The number of alkyl halides is 3. The van der Waals surface area contributed by atoms with Crippen molar-refractivity contribution in [3.05, 3.63) is 112 Å². The molecule has 0 fully saturated rings. The number of thiazole rings is 1. The van der Waals surface area contributed by atoms with Crippen LogP contribution < -0.4 is 10.5 Å². The van der Waals surface area contributed by atoms with E-state index in [0.717, 1.165) is 25.5 Å². The standard InChI is InChI=1S/C17H14F3N3O2S.C14H13N3O4S2/c1-11-2-4-12(5-3-11)15-10-16(17(18,19)20)22-23(15)13-6-8-14(9-7-13)26(21,24)25;1-8-7-15-14(22-8)16-13(19)11-12(18)9-5-3-4-6-10(9)23(20,21)17(11)2/h2-10H,1H3,(H2,21,24,25);3-7,18H,1-2H3,(H,15,16,19). The Morgan fingerprint density at radius 2 is 1.63 bits per heavy atom. The van der Waals surface area contributed by atoms with Crippen molar-refractivity contribution in [2.75, 3.05) is 12.4 Å². The Morgan fingerprint density at radius 3 is 2.20 bits per heavy atom. The van der Waals surface area contributed by atoms with Gasteiger partial charge in [-0.1, -0.05) is 42.0 Å². The molecule has 2 aromatic heterocycles. The van der Waals surface area contributed by atoms with Crippen LogP contribution in [0.25, 0.3) is 22.7 Å². The second kappa shape index (κ2) is 13.1. The number of hydrogen-bond acceptors (Lipinski definition) is 9. The Morgan fingerprint density at radius 1 is 1.00 bits per heavy atom. The second-order valence-electron chi connectivity index (χ2n) is 10.6. The zero-order chi connectivity index (χ0) is 35.9. The number of nitrogens with zero attached hydrogens (tertiary/aromatic N) is 4. The number of aryl methyl sites for hydroxylation is 2. The van der Waals surface area contributed by atoms with Crippen LogP contribution in [0.1, 0.15) is 21.7 Å². The van der Waals surface area contributed by atoms with Gasteiger partial charge in [-0.2, -0.15) is 18.3 Å². The fourth-order valence-electron chi connectivity index (χ4n) is 4.67. The average Bonchev–Trinajstić information content (AvgIpc) is 3.67. The average molecular weight is 733 g/mol. The number of amides is 1. The van der Waals surface area contributed by atoms with E-state index in [2.05, 4.69) is 15.4 Å². The van der Waals surface area contributed by atoms with Crippen molar-refractivity contribution < 1.29 is 39.9 Å². The van der Waals surface area contributed by atoms with E-state index in [9.17, 15) is 39.9 Å². The molecule has 0 saturated heterocycles. The predicted molar refractivity (Wildman–Crippen MR) is 177 cm³/mol. The maximum atomic E-state index is 13.1. The molecule has 0 radical (unpaired) electrons. The summed E-state index contributed by atoms with van der Waals surface area (Å²) >= 11 is 1.25. The van der Waals surface area contributed by atoms with E-state index in [1.165, 1.54) is 54.8 Å². The van der Waals surface area contributed by atoms with Crippen LogP contribution in [0, 0.1) is 13.8 Å². The van der Waals surface area contributed by atoms with Crippen LogP contribution >= 0.6 is 11.3 Å². The number of halogens is 3. The van der Waals surface area contributed by atoms with Gasteiger partial charge in [0.25, 0.3) is 15.9 Å². The molecule has 0 atom stereocenters. The van der Waals surface area contributed by atoms with E-state index in [1.54, 1.807) is 42.6 Å². The number of aromatic nitrogens is 3. The highest BCUT2D eigenvalue weighted by Gasteiger charge is 2.38. The molecule has 3 heterocycles. The highest BCUT2D eigenvalue weighted by atomic mass is 32.2. The first-order chi connectivity index (χ1) is 22.9. The molecule has 1 aliphatic rings. The Balaban J connectivity index is 0.000000192. The summed E-state index contributed by atoms with van der Waals surface area (Å²) in [6.45, 7) is 3.70. The van der Waals surface area contributed by atoms with E-state index < -0.39 is 37.8 Å². The number of benzene rings is 3. The van der Waals surface area contributed by atoms with Gasteiger partial charge in [-0.3, -0.25) is 14.4 Å². The molecule has 12 nitrogen and oxygen atoms in total. The molecule has 256 valence electrons. The van der Waals surface area contributed by atoms with Crippen molar-refractivity contribution in [3.8, 4) is 16.9 Å². The highest BCUT2D eigenvalue weighted by Crippen LogP contribution is 2.35. The number of carbonyl (C=O) groups is 1. The predicted octanol–water partition coefficient (Wildman–Crippen LogP) is 5.46.